The summed E-state index contributed by atoms with van der Waals surface area (Å²) >= 11 is 1.23. The van der Waals surface area contributed by atoms with Gasteiger partial charge in [-0.2, -0.15) is 5.10 Å². The zero-order valence-corrected chi connectivity index (χ0v) is 11.8. The standard InChI is InChI=1S/C10H8N4O3S.BrH/c15-9(5-18-10-11-6-12-13-10)7-1-3-8(4-2-7)14(16)17;/h1-4,6H,5H2,(H,11,12,13);1H/p-1. The van der Waals surface area contributed by atoms with Crippen LogP contribution in [0, 0.1) is 10.1 Å². The molecule has 1 aromatic heterocycles. The number of carbonyl (C=O) groups excluding carboxylic acids is 1. The summed E-state index contributed by atoms with van der Waals surface area (Å²) in [6.07, 6.45) is 1.36. The molecule has 19 heavy (non-hydrogen) atoms. The quantitative estimate of drug-likeness (QED) is 0.313. The zero-order chi connectivity index (χ0) is 13.0. The van der Waals surface area contributed by atoms with Gasteiger partial charge >= 0.3 is 0 Å². The van der Waals surface area contributed by atoms with E-state index >= 15 is 0 Å². The second kappa shape index (κ2) is 7.00. The molecule has 0 bridgehead atoms. The topological polar surface area (TPSA) is 102 Å². The van der Waals surface area contributed by atoms with Gasteiger partial charge in [-0.1, -0.05) is 11.8 Å². The number of hydrogen-bond donors (Lipinski definition) is 1. The minimum absolute atomic E-state index is 0. The molecule has 100 valence electrons. The number of H-pyrrole nitrogens is 1. The minimum atomic E-state index is -0.502. The lowest BCUT2D eigenvalue weighted by Crippen LogP contribution is -3.00. The maximum Gasteiger partial charge on any atom is 0.269 e. The minimum Gasteiger partial charge on any atom is -1.00 e. The van der Waals surface area contributed by atoms with Gasteiger partial charge in [-0.15, -0.1) is 0 Å². The molecule has 1 aromatic carbocycles. The number of nitrogens with one attached hydrogen (secondary N) is 1. The van der Waals surface area contributed by atoms with Gasteiger partial charge < -0.3 is 17.0 Å². The van der Waals surface area contributed by atoms with Crippen LogP contribution >= 0.6 is 11.8 Å². The molecule has 0 saturated carbocycles. The smallest absolute Gasteiger partial charge is 0.269 e. The number of aromatic nitrogens is 3. The van der Waals surface area contributed by atoms with Gasteiger partial charge in [0.25, 0.3) is 5.69 Å². The van der Waals surface area contributed by atoms with E-state index in [4.69, 9.17) is 0 Å². The van der Waals surface area contributed by atoms with Crippen LogP contribution in [0.25, 0.3) is 0 Å². The van der Waals surface area contributed by atoms with Crippen molar-refractivity contribution in [3.05, 3.63) is 46.3 Å². The van der Waals surface area contributed by atoms with Gasteiger partial charge in [0.05, 0.1) is 10.7 Å². The molecule has 0 aliphatic heterocycles. The number of Topliss-reactive ketones (excluding diaryl/α,β-unsaturated/α-hetero) is 1. The van der Waals surface area contributed by atoms with Gasteiger partial charge in [0.1, 0.15) is 6.33 Å². The molecule has 1 N–H and O–H groups in total. The molecule has 0 atom stereocenters. The third-order valence-electron chi connectivity index (χ3n) is 2.13. The molecule has 0 unspecified atom stereocenters. The lowest BCUT2D eigenvalue weighted by Gasteiger charge is -1.99. The first-order valence-electron chi connectivity index (χ1n) is 4.92. The van der Waals surface area contributed by atoms with Crippen LogP contribution in [0.1, 0.15) is 10.4 Å². The lowest BCUT2D eigenvalue weighted by atomic mass is 10.1. The van der Waals surface area contributed by atoms with E-state index in [1.807, 2.05) is 0 Å². The van der Waals surface area contributed by atoms with E-state index in [1.165, 1.54) is 42.4 Å². The summed E-state index contributed by atoms with van der Waals surface area (Å²) in [5, 5.41) is 17.3. The number of nitrogens with zero attached hydrogens (tertiary/aromatic N) is 3. The van der Waals surface area contributed by atoms with Crippen molar-refractivity contribution < 1.29 is 26.7 Å². The normalized spacial score (nSPS) is 9.68. The van der Waals surface area contributed by atoms with E-state index in [0.29, 0.717) is 10.7 Å². The Labute approximate surface area is 122 Å². The summed E-state index contributed by atoms with van der Waals surface area (Å²) in [7, 11) is 0. The van der Waals surface area contributed by atoms with Crippen molar-refractivity contribution >= 4 is 23.2 Å². The highest BCUT2D eigenvalue weighted by Crippen LogP contribution is 2.16. The largest absolute Gasteiger partial charge is 1.00 e. The number of hydrogen-bond acceptors (Lipinski definition) is 6. The number of thioether (sulfide) groups is 1. The fourth-order valence-corrected chi connectivity index (χ4v) is 1.92. The molecule has 0 spiro atoms. The maximum absolute atomic E-state index is 11.8. The van der Waals surface area contributed by atoms with Crippen LogP contribution in [0.4, 0.5) is 5.69 Å². The second-order valence-corrected chi connectivity index (χ2v) is 4.27. The van der Waals surface area contributed by atoms with E-state index in [2.05, 4.69) is 15.2 Å². The Hall–Kier alpha value is -1.74. The van der Waals surface area contributed by atoms with Gasteiger partial charge in [0, 0.05) is 17.7 Å². The first kappa shape index (κ1) is 15.3. The molecule has 2 aromatic rings. The molecular formula is C10H8BrN4O3S-. The number of aromatic amines is 1. The summed E-state index contributed by atoms with van der Waals surface area (Å²) in [6, 6.07) is 5.52. The van der Waals surface area contributed by atoms with Gasteiger partial charge in [0.15, 0.2) is 10.9 Å². The third-order valence-corrected chi connectivity index (χ3v) is 3.01. The maximum atomic E-state index is 11.8. The van der Waals surface area contributed by atoms with Crippen LogP contribution < -0.4 is 17.0 Å². The summed E-state index contributed by atoms with van der Waals surface area (Å²) < 4.78 is 0. The van der Waals surface area contributed by atoms with E-state index in [9.17, 15) is 14.9 Å². The molecule has 0 aliphatic carbocycles. The first-order valence-corrected chi connectivity index (χ1v) is 5.91. The molecule has 7 nitrogen and oxygen atoms in total. The molecule has 0 fully saturated rings. The van der Waals surface area contributed by atoms with Gasteiger partial charge in [0.2, 0.25) is 0 Å². The van der Waals surface area contributed by atoms with Crippen LogP contribution in [-0.2, 0) is 0 Å². The molecule has 0 aliphatic rings. The summed E-state index contributed by atoms with van der Waals surface area (Å²) in [4.78, 5) is 25.6. The number of non-ortho nitro benzene ring substituents is 1. The Bertz CT molecular complexity index is 559. The summed E-state index contributed by atoms with van der Waals surface area (Å²) in [6.45, 7) is 0. The SMILES string of the molecule is O=C(CSc1ncn[nH]1)c1ccc([N+](=O)[O-])cc1.[Br-]. The Morgan fingerprint density at radius 1 is 1.37 bits per heavy atom. The average Bonchev–Trinajstić information content (AvgIpc) is 2.89. The van der Waals surface area contributed by atoms with E-state index in [0.717, 1.165) is 0 Å². The van der Waals surface area contributed by atoms with Crippen molar-refractivity contribution in [1.82, 2.24) is 15.2 Å². The number of rotatable bonds is 5. The Morgan fingerprint density at radius 2 is 2.05 bits per heavy atom. The predicted octanol–water partition coefficient (Wildman–Crippen LogP) is -1.31. The number of benzene rings is 1. The van der Waals surface area contributed by atoms with Crippen LogP contribution in [0.2, 0.25) is 0 Å². The fourth-order valence-electron chi connectivity index (χ4n) is 1.25. The summed E-state index contributed by atoms with van der Waals surface area (Å²) in [5.74, 6) is 0.0822. The monoisotopic (exact) mass is 343 g/mol. The van der Waals surface area contributed by atoms with Gasteiger partial charge in [-0.05, 0) is 12.1 Å². The molecule has 1 heterocycles. The molecule has 0 amide bonds. The van der Waals surface area contributed by atoms with Crippen molar-refractivity contribution in [1.29, 1.82) is 0 Å². The Morgan fingerprint density at radius 3 is 2.58 bits per heavy atom. The zero-order valence-electron chi connectivity index (χ0n) is 9.45. The first-order chi connectivity index (χ1) is 8.66. The highest BCUT2D eigenvalue weighted by atomic mass is 79.9. The van der Waals surface area contributed by atoms with E-state index < -0.39 is 4.92 Å². The number of ketones is 1. The molecule has 2 rings (SSSR count). The van der Waals surface area contributed by atoms with Crippen molar-refractivity contribution in [2.75, 3.05) is 5.75 Å². The van der Waals surface area contributed by atoms with Crippen LogP contribution in [0.5, 0.6) is 0 Å². The second-order valence-electron chi connectivity index (χ2n) is 3.31. The average molecular weight is 344 g/mol. The van der Waals surface area contributed by atoms with Crippen molar-refractivity contribution in [2.45, 2.75) is 5.16 Å². The number of nitro benzene ring substituents is 1. The number of nitro groups is 1. The highest BCUT2D eigenvalue weighted by molar-refractivity contribution is 7.99. The molecule has 9 heteroatoms. The Kier molecular flexibility index (Phi) is 5.64. The van der Waals surface area contributed by atoms with Gasteiger partial charge in [-0.25, -0.2) is 4.98 Å². The molecule has 0 saturated heterocycles. The third kappa shape index (κ3) is 4.14. The van der Waals surface area contributed by atoms with Gasteiger partial charge in [-0.3, -0.25) is 20.0 Å². The van der Waals surface area contributed by atoms with E-state index in [-0.39, 0.29) is 34.2 Å². The Balaban J connectivity index is 0.00000180. The van der Waals surface area contributed by atoms with Crippen LogP contribution in [-0.4, -0.2) is 31.6 Å². The van der Waals surface area contributed by atoms with Crippen LogP contribution in [0.3, 0.4) is 0 Å². The highest BCUT2D eigenvalue weighted by Gasteiger charge is 2.10. The summed E-state index contributed by atoms with van der Waals surface area (Å²) in [5.41, 5.74) is 0.405. The van der Waals surface area contributed by atoms with Crippen molar-refractivity contribution in [2.24, 2.45) is 0 Å². The van der Waals surface area contributed by atoms with Crippen molar-refractivity contribution in [3.8, 4) is 0 Å². The van der Waals surface area contributed by atoms with E-state index in [1.54, 1.807) is 0 Å². The fraction of sp³-hybridized carbons (Fsp3) is 0.100. The lowest BCUT2D eigenvalue weighted by molar-refractivity contribution is -0.384. The number of carbonyl (C=O) groups is 1. The molecular weight excluding hydrogens is 336 g/mol. The van der Waals surface area contributed by atoms with Crippen LogP contribution in [0.15, 0.2) is 35.7 Å². The predicted molar refractivity (Wildman–Crippen MR) is 64.5 cm³/mol. The number of halogens is 1. The van der Waals surface area contributed by atoms with Crippen molar-refractivity contribution in [3.63, 3.8) is 0 Å². The molecule has 0 radical (unpaired) electrons.